The molecule has 3 aromatic rings. The van der Waals surface area contributed by atoms with Gasteiger partial charge in [-0.15, -0.1) is 0 Å². The van der Waals surface area contributed by atoms with E-state index in [2.05, 4.69) is 32.4 Å². The molecule has 11 heteroatoms. The molecule has 45 heavy (non-hydrogen) atoms. The number of halogens is 1. The van der Waals surface area contributed by atoms with Crippen molar-refractivity contribution in [2.75, 3.05) is 51.3 Å². The van der Waals surface area contributed by atoms with Gasteiger partial charge in [-0.3, -0.25) is 4.79 Å². The number of methoxy groups -OCH3 is 1. The Morgan fingerprint density at radius 2 is 1.91 bits per heavy atom. The molecule has 10 nitrogen and oxygen atoms in total. The van der Waals surface area contributed by atoms with Crippen molar-refractivity contribution in [3.05, 3.63) is 50.7 Å². The molecule has 4 aliphatic rings. The number of carbonyl (C=O) groups excluding carboxylic acids is 1. The van der Waals surface area contributed by atoms with Gasteiger partial charge in [0.2, 0.25) is 0 Å². The van der Waals surface area contributed by atoms with Crippen LogP contribution in [0.5, 0.6) is 11.8 Å². The molecule has 0 bridgehead atoms. The number of carbonyl (C=O) groups is 1. The van der Waals surface area contributed by atoms with Crippen LogP contribution in [-0.4, -0.2) is 94.0 Å². The first-order valence-electron chi connectivity index (χ1n) is 16.1. The molecule has 2 N–H and O–H groups in total. The zero-order valence-electron chi connectivity index (χ0n) is 26.1. The number of phenols is 1. The van der Waals surface area contributed by atoms with Crippen LogP contribution in [0.15, 0.2) is 30.3 Å². The molecule has 0 radical (unpaired) electrons. The molecule has 240 valence electrons. The van der Waals surface area contributed by atoms with Crippen molar-refractivity contribution < 1.29 is 24.5 Å². The number of benzene rings is 2. The first kappa shape index (κ1) is 30.9. The second-order valence-corrected chi connectivity index (χ2v) is 14.9. The number of fused-ring (bicyclic) bond motifs is 2. The Bertz CT molecular complexity index is 1600. The van der Waals surface area contributed by atoms with Gasteiger partial charge >= 0.3 is 6.01 Å². The standard InChI is InChI=1S/C34H42IN5O5/c1-33(43)9-4-12-39(19-33)30-26-17-40(31(42)25-16-23(41)15-22-5-3-6-27(35)29(22)25)18-28(26)36-32(37-30)45-21-34(10-11-34)20-38-13-7-24(44-2)8-14-38/h3,5-6,15-16,24,41,43H,4,7-14,17-21H2,1-2H3/t33-/m1/s1. The van der Waals surface area contributed by atoms with Crippen LogP contribution in [0.4, 0.5) is 5.82 Å². The fraction of sp³-hybridized carbons (Fsp3) is 0.559. The maximum absolute atomic E-state index is 14.1. The van der Waals surface area contributed by atoms with Gasteiger partial charge in [0.25, 0.3) is 5.91 Å². The van der Waals surface area contributed by atoms with Crippen LogP contribution in [0.2, 0.25) is 0 Å². The molecule has 1 atom stereocenters. The third-order valence-electron chi connectivity index (χ3n) is 10.0. The Kier molecular flexibility index (Phi) is 8.32. The van der Waals surface area contributed by atoms with Gasteiger partial charge in [0.1, 0.15) is 11.6 Å². The lowest BCUT2D eigenvalue weighted by Crippen LogP contribution is -2.47. The van der Waals surface area contributed by atoms with E-state index in [1.165, 1.54) is 0 Å². The lowest BCUT2D eigenvalue weighted by molar-refractivity contribution is 0.0312. The SMILES string of the molecule is COC1CCN(CC2(COc3nc4c(c(N5CCC[C@@](C)(O)C5)n3)CN(C(=O)c3cc(O)cc5cccc(I)c35)C4)CC2)CC1. The number of hydrogen-bond donors (Lipinski definition) is 2. The number of piperidine rings is 2. The number of amides is 1. The highest BCUT2D eigenvalue weighted by molar-refractivity contribution is 14.1. The summed E-state index contributed by atoms with van der Waals surface area (Å²) >= 11 is 2.24. The highest BCUT2D eigenvalue weighted by Gasteiger charge is 2.45. The van der Waals surface area contributed by atoms with E-state index in [0.717, 1.165) is 96.1 Å². The van der Waals surface area contributed by atoms with Crippen LogP contribution >= 0.6 is 22.6 Å². The highest BCUT2D eigenvalue weighted by atomic mass is 127. The van der Waals surface area contributed by atoms with Crippen molar-refractivity contribution in [1.82, 2.24) is 19.8 Å². The minimum Gasteiger partial charge on any atom is -0.508 e. The van der Waals surface area contributed by atoms with E-state index in [9.17, 15) is 15.0 Å². The Balaban J connectivity index is 1.14. The van der Waals surface area contributed by atoms with E-state index in [-0.39, 0.29) is 17.1 Å². The number of hydrogen-bond acceptors (Lipinski definition) is 9. The quantitative estimate of drug-likeness (QED) is 0.319. The minimum atomic E-state index is -0.823. The maximum atomic E-state index is 14.1. The summed E-state index contributed by atoms with van der Waals surface area (Å²) < 4.78 is 12.9. The second kappa shape index (κ2) is 12.1. The summed E-state index contributed by atoms with van der Waals surface area (Å²) in [5, 5.41) is 23.1. The van der Waals surface area contributed by atoms with Gasteiger partial charge in [0.05, 0.1) is 42.7 Å². The van der Waals surface area contributed by atoms with Crippen LogP contribution in [0.1, 0.15) is 67.1 Å². The number of β-amino-alcohol motifs (C(OH)–C–C–N with tert-alkyl or cyclic N) is 1. The van der Waals surface area contributed by atoms with Gasteiger partial charge in [-0.25, -0.2) is 0 Å². The van der Waals surface area contributed by atoms with Gasteiger partial charge in [-0.05, 0) is 91.6 Å². The number of ether oxygens (including phenoxy) is 2. The number of aromatic nitrogens is 2. The summed E-state index contributed by atoms with van der Waals surface area (Å²) in [6.45, 7) is 7.44. The molecule has 2 saturated heterocycles. The third kappa shape index (κ3) is 6.45. The summed E-state index contributed by atoms with van der Waals surface area (Å²) in [7, 11) is 1.80. The number of anilines is 1. The average molecular weight is 728 g/mol. The van der Waals surface area contributed by atoms with Gasteiger partial charge in [0.15, 0.2) is 0 Å². The first-order chi connectivity index (χ1) is 21.6. The largest absolute Gasteiger partial charge is 0.508 e. The normalized spacial score (nSPS) is 23.4. The molecule has 0 unspecified atom stereocenters. The minimum absolute atomic E-state index is 0.0633. The van der Waals surface area contributed by atoms with Crippen LogP contribution in [0, 0.1) is 8.99 Å². The fourth-order valence-electron chi connectivity index (χ4n) is 7.31. The van der Waals surface area contributed by atoms with Gasteiger partial charge in [-0.2, -0.15) is 9.97 Å². The molecule has 4 heterocycles. The third-order valence-corrected chi connectivity index (χ3v) is 10.9. The molecule has 1 aliphatic carbocycles. The highest BCUT2D eigenvalue weighted by Crippen LogP contribution is 2.47. The summed E-state index contributed by atoms with van der Waals surface area (Å²) in [4.78, 5) is 30.3. The van der Waals surface area contributed by atoms with Crippen LogP contribution < -0.4 is 9.64 Å². The average Bonchev–Trinajstić information content (AvgIpc) is 3.64. The van der Waals surface area contributed by atoms with E-state index in [0.29, 0.717) is 43.9 Å². The molecule has 2 aromatic carbocycles. The fourth-order valence-corrected chi connectivity index (χ4v) is 8.12. The van der Waals surface area contributed by atoms with Gasteiger partial charge < -0.3 is 34.4 Å². The summed E-state index contributed by atoms with van der Waals surface area (Å²) in [5.41, 5.74) is 1.44. The van der Waals surface area contributed by atoms with E-state index in [1.807, 2.05) is 25.1 Å². The van der Waals surface area contributed by atoms with Crippen molar-refractivity contribution in [2.24, 2.45) is 5.41 Å². The molecular weight excluding hydrogens is 685 g/mol. The molecule has 1 saturated carbocycles. The molecule has 3 aliphatic heterocycles. The Morgan fingerprint density at radius 1 is 1.11 bits per heavy atom. The van der Waals surface area contributed by atoms with Crippen molar-refractivity contribution in [3.63, 3.8) is 0 Å². The van der Waals surface area contributed by atoms with E-state index in [1.54, 1.807) is 24.1 Å². The van der Waals surface area contributed by atoms with Crippen molar-refractivity contribution in [2.45, 2.75) is 70.2 Å². The summed E-state index contributed by atoms with van der Waals surface area (Å²) in [5.74, 6) is 0.645. The molecule has 7 rings (SSSR count). The Hall–Kier alpha value is -2.74. The Morgan fingerprint density at radius 3 is 2.64 bits per heavy atom. The van der Waals surface area contributed by atoms with Crippen LogP contribution in [0.25, 0.3) is 10.8 Å². The monoisotopic (exact) mass is 727 g/mol. The van der Waals surface area contributed by atoms with Crippen molar-refractivity contribution >= 4 is 45.1 Å². The predicted molar refractivity (Wildman–Crippen MR) is 180 cm³/mol. The van der Waals surface area contributed by atoms with Crippen LogP contribution in [-0.2, 0) is 17.8 Å². The number of likely N-dealkylation sites (tertiary alicyclic amines) is 1. The molecule has 3 fully saturated rings. The van der Waals surface area contributed by atoms with Gasteiger partial charge in [-0.1, -0.05) is 12.1 Å². The second-order valence-electron chi connectivity index (χ2n) is 13.8. The topological polar surface area (TPSA) is 111 Å². The van der Waals surface area contributed by atoms with Crippen molar-refractivity contribution in [3.8, 4) is 11.8 Å². The van der Waals surface area contributed by atoms with Gasteiger partial charge in [0, 0.05) is 59.8 Å². The molecule has 0 spiro atoms. The van der Waals surface area contributed by atoms with E-state index >= 15 is 0 Å². The first-order valence-corrected chi connectivity index (χ1v) is 17.2. The van der Waals surface area contributed by atoms with Crippen LogP contribution in [0.3, 0.4) is 0 Å². The number of nitrogens with zero attached hydrogens (tertiary/aromatic N) is 5. The maximum Gasteiger partial charge on any atom is 0.318 e. The van der Waals surface area contributed by atoms with Crippen molar-refractivity contribution in [1.29, 1.82) is 0 Å². The molecular formula is C34H42IN5O5. The summed E-state index contributed by atoms with van der Waals surface area (Å²) in [6.07, 6.45) is 6.34. The number of phenolic OH excluding ortho intramolecular Hbond substituents is 1. The number of aromatic hydroxyl groups is 1. The number of aliphatic hydroxyl groups is 1. The molecule has 1 amide bonds. The lowest BCUT2D eigenvalue weighted by atomic mass is 9.95. The lowest BCUT2D eigenvalue weighted by Gasteiger charge is -2.38. The zero-order chi connectivity index (χ0) is 31.3. The predicted octanol–water partition coefficient (Wildman–Crippen LogP) is 4.72. The van der Waals surface area contributed by atoms with E-state index in [4.69, 9.17) is 19.4 Å². The number of rotatable bonds is 8. The summed E-state index contributed by atoms with van der Waals surface area (Å²) in [6, 6.07) is 9.40. The smallest absolute Gasteiger partial charge is 0.318 e. The van der Waals surface area contributed by atoms with E-state index < -0.39 is 5.60 Å². The molecule has 1 aromatic heterocycles. The zero-order valence-corrected chi connectivity index (χ0v) is 28.3. The Labute approximate surface area is 277 Å².